The molecule has 136 valence electrons. The first-order valence-corrected chi connectivity index (χ1v) is 8.91. The van der Waals surface area contributed by atoms with Crippen LogP contribution in [0.15, 0.2) is 52.2 Å². The van der Waals surface area contributed by atoms with Gasteiger partial charge in [-0.25, -0.2) is 4.79 Å². The quantitative estimate of drug-likeness (QED) is 0.589. The van der Waals surface area contributed by atoms with Crippen molar-refractivity contribution in [3.63, 3.8) is 0 Å². The van der Waals surface area contributed by atoms with Crippen molar-refractivity contribution < 1.29 is 4.74 Å². The van der Waals surface area contributed by atoms with Gasteiger partial charge < -0.3 is 9.72 Å². The van der Waals surface area contributed by atoms with Crippen LogP contribution < -0.4 is 16.0 Å². The van der Waals surface area contributed by atoms with Gasteiger partial charge in [-0.05, 0) is 46.4 Å². The summed E-state index contributed by atoms with van der Waals surface area (Å²) in [6.45, 7) is 2.12. The van der Waals surface area contributed by atoms with Crippen LogP contribution in [0.25, 0.3) is 12.2 Å². The summed E-state index contributed by atoms with van der Waals surface area (Å²) in [4.78, 5) is 29.1. The van der Waals surface area contributed by atoms with E-state index in [0.717, 1.165) is 34.4 Å². The number of hydrogen-bond acceptors (Lipinski definition) is 3. The maximum atomic E-state index is 12.6. The minimum absolute atomic E-state index is 0.289. The van der Waals surface area contributed by atoms with Gasteiger partial charge in [-0.3, -0.25) is 9.78 Å². The first-order chi connectivity index (χ1) is 13.1. The Kier molecular flexibility index (Phi) is 4.28. The Hall–Kier alpha value is -3.34. The number of rotatable bonds is 3. The van der Waals surface area contributed by atoms with E-state index in [1.807, 2.05) is 18.2 Å². The van der Waals surface area contributed by atoms with Gasteiger partial charge in [-0.15, -0.1) is 0 Å². The molecule has 5 heteroatoms. The highest BCUT2D eigenvalue weighted by Gasteiger charge is 2.26. The Morgan fingerprint density at radius 1 is 0.963 bits per heavy atom. The zero-order valence-corrected chi connectivity index (χ0v) is 15.2. The highest BCUT2D eigenvalue weighted by molar-refractivity contribution is 5.78. The molecule has 0 fully saturated rings. The van der Waals surface area contributed by atoms with Gasteiger partial charge in [0.05, 0.1) is 7.11 Å². The third-order valence-electron chi connectivity index (χ3n) is 5.08. The number of H-pyrrole nitrogens is 2. The maximum absolute atomic E-state index is 12.6. The first kappa shape index (κ1) is 17.1. The minimum Gasteiger partial charge on any atom is -0.497 e. The van der Waals surface area contributed by atoms with Crippen LogP contribution in [0.1, 0.15) is 46.2 Å². The summed E-state index contributed by atoms with van der Waals surface area (Å²) in [6.07, 6.45) is 6.58. The van der Waals surface area contributed by atoms with Crippen LogP contribution in [0.3, 0.4) is 0 Å². The molecule has 1 heterocycles. The van der Waals surface area contributed by atoms with Crippen LogP contribution in [0.4, 0.5) is 0 Å². The molecule has 1 aliphatic rings. The molecule has 0 saturated carbocycles. The predicted octanol–water partition coefficient (Wildman–Crippen LogP) is 3.30. The van der Waals surface area contributed by atoms with Gasteiger partial charge in [0, 0.05) is 17.7 Å². The Morgan fingerprint density at radius 2 is 1.67 bits per heavy atom. The van der Waals surface area contributed by atoms with Gasteiger partial charge in [0.15, 0.2) is 0 Å². The van der Waals surface area contributed by atoms with Crippen molar-refractivity contribution in [2.45, 2.75) is 19.3 Å². The summed E-state index contributed by atoms with van der Waals surface area (Å²) in [5.74, 6) is 0.468. The lowest BCUT2D eigenvalue weighted by molar-refractivity contribution is 0.414. The van der Waals surface area contributed by atoms with Gasteiger partial charge in [0.2, 0.25) is 0 Å². The van der Waals surface area contributed by atoms with Crippen molar-refractivity contribution in [3.05, 3.63) is 96.8 Å². The molecule has 1 unspecified atom stereocenters. The van der Waals surface area contributed by atoms with E-state index in [0.29, 0.717) is 5.56 Å². The fraction of sp³-hybridized carbons (Fsp3) is 0.182. The van der Waals surface area contributed by atoms with E-state index < -0.39 is 5.69 Å². The molecule has 0 radical (unpaired) electrons. The molecular formula is C22H20N2O3. The van der Waals surface area contributed by atoms with E-state index >= 15 is 0 Å². The first-order valence-electron chi connectivity index (χ1n) is 8.91. The zero-order chi connectivity index (χ0) is 19.0. The molecule has 4 rings (SSSR count). The van der Waals surface area contributed by atoms with Crippen molar-refractivity contribution in [1.82, 2.24) is 9.97 Å². The van der Waals surface area contributed by atoms with E-state index in [1.54, 1.807) is 7.11 Å². The van der Waals surface area contributed by atoms with E-state index in [-0.39, 0.29) is 11.5 Å². The fourth-order valence-electron chi connectivity index (χ4n) is 3.66. The largest absolute Gasteiger partial charge is 0.497 e. The molecule has 1 aliphatic carbocycles. The van der Waals surface area contributed by atoms with E-state index in [4.69, 9.17) is 4.74 Å². The summed E-state index contributed by atoms with van der Waals surface area (Å²) < 4.78 is 5.37. The molecule has 2 aromatic carbocycles. The lowest BCUT2D eigenvalue weighted by Crippen LogP contribution is -2.27. The molecule has 0 saturated heterocycles. The summed E-state index contributed by atoms with van der Waals surface area (Å²) in [5, 5.41) is 0. The smallest absolute Gasteiger partial charge is 0.325 e. The van der Waals surface area contributed by atoms with Crippen LogP contribution in [0, 0.1) is 0 Å². The van der Waals surface area contributed by atoms with Gasteiger partial charge in [0.25, 0.3) is 5.56 Å². The summed E-state index contributed by atoms with van der Waals surface area (Å²) in [6, 6.07) is 12.2. The average molecular weight is 360 g/mol. The third kappa shape index (κ3) is 3.01. The van der Waals surface area contributed by atoms with Crippen molar-refractivity contribution in [2.75, 3.05) is 7.11 Å². The molecule has 2 N–H and O–H groups in total. The summed E-state index contributed by atoms with van der Waals surface area (Å²) in [5.41, 5.74) is 4.94. The van der Waals surface area contributed by atoms with Gasteiger partial charge in [-0.1, -0.05) is 43.3 Å². The lowest BCUT2D eigenvalue weighted by atomic mass is 9.83. The fourth-order valence-corrected chi connectivity index (χ4v) is 3.66. The SMILES string of the molecule is CCc1ccc2c(c1)C=Cc1cc(OC)ccc1C2c1c[nH]c(=O)[nH]c1=O. The van der Waals surface area contributed by atoms with Gasteiger partial charge in [-0.2, -0.15) is 0 Å². The average Bonchev–Trinajstić information content (AvgIpc) is 2.84. The van der Waals surface area contributed by atoms with Crippen LogP contribution >= 0.6 is 0 Å². The molecule has 1 aromatic heterocycles. The number of ether oxygens (including phenoxy) is 1. The van der Waals surface area contributed by atoms with E-state index in [2.05, 4.69) is 47.2 Å². The number of aryl methyl sites for hydroxylation is 1. The second-order valence-corrected chi connectivity index (χ2v) is 6.61. The molecule has 0 amide bonds. The highest BCUT2D eigenvalue weighted by atomic mass is 16.5. The van der Waals surface area contributed by atoms with Crippen LogP contribution in [-0.4, -0.2) is 17.1 Å². The van der Waals surface area contributed by atoms with Crippen molar-refractivity contribution in [3.8, 4) is 5.75 Å². The monoisotopic (exact) mass is 360 g/mol. The van der Waals surface area contributed by atoms with Crippen LogP contribution in [-0.2, 0) is 6.42 Å². The molecular weight excluding hydrogens is 340 g/mol. The Labute approximate surface area is 156 Å². The number of hydrogen-bond donors (Lipinski definition) is 2. The molecule has 0 bridgehead atoms. The lowest BCUT2D eigenvalue weighted by Gasteiger charge is -2.21. The van der Waals surface area contributed by atoms with E-state index in [1.165, 1.54) is 11.8 Å². The van der Waals surface area contributed by atoms with Crippen LogP contribution in [0.5, 0.6) is 5.75 Å². The minimum atomic E-state index is -0.507. The number of aromatic nitrogens is 2. The molecule has 1 atom stereocenters. The zero-order valence-electron chi connectivity index (χ0n) is 15.2. The highest BCUT2D eigenvalue weighted by Crippen LogP contribution is 2.39. The molecule has 0 spiro atoms. The van der Waals surface area contributed by atoms with E-state index in [9.17, 15) is 9.59 Å². The number of benzene rings is 2. The summed E-state index contributed by atoms with van der Waals surface area (Å²) in [7, 11) is 1.63. The number of methoxy groups -OCH3 is 1. The second-order valence-electron chi connectivity index (χ2n) is 6.61. The van der Waals surface area contributed by atoms with Crippen molar-refractivity contribution in [1.29, 1.82) is 0 Å². The predicted molar refractivity (Wildman–Crippen MR) is 106 cm³/mol. The summed E-state index contributed by atoms with van der Waals surface area (Å²) >= 11 is 0. The normalized spacial score (nSPS) is 15.0. The molecule has 5 nitrogen and oxygen atoms in total. The van der Waals surface area contributed by atoms with Crippen LogP contribution in [0.2, 0.25) is 0 Å². The van der Waals surface area contributed by atoms with Gasteiger partial charge >= 0.3 is 5.69 Å². The Morgan fingerprint density at radius 3 is 2.33 bits per heavy atom. The number of fused-ring (bicyclic) bond motifs is 2. The Balaban J connectivity index is 2.02. The topological polar surface area (TPSA) is 75.0 Å². The number of aromatic amines is 2. The number of nitrogens with one attached hydrogen (secondary N) is 2. The maximum Gasteiger partial charge on any atom is 0.325 e. The second kappa shape index (κ2) is 6.76. The molecule has 0 aliphatic heterocycles. The molecule has 27 heavy (non-hydrogen) atoms. The van der Waals surface area contributed by atoms with Crippen molar-refractivity contribution in [2.24, 2.45) is 0 Å². The standard InChI is InChI=1S/C22H20N2O3/c1-3-13-4-8-17-14(10-13)5-6-15-11-16(27-2)7-9-18(15)20(17)19-12-23-22(26)24-21(19)25/h4-12,20H,3H2,1-2H3,(H2,23,24,25,26). The van der Waals surface area contributed by atoms with Crippen molar-refractivity contribution >= 4 is 12.2 Å². The molecule has 3 aromatic rings. The third-order valence-corrected chi connectivity index (χ3v) is 5.08. The van der Waals surface area contributed by atoms with Gasteiger partial charge in [0.1, 0.15) is 5.75 Å². The Bertz CT molecular complexity index is 1100.